The number of methoxy groups -OCH3 is 1. The molecule has 0 saturated heterocycles. The van der Waals surface area contributed by atoms with E-state index in [1.165, 1.54) is 0 Å². The minimum atomic E-state index is -0.941. The summed E-state index contributed by atoms with van der Waals surface area (Å²) in [5, 5.41) is 14.2. The molecule has 1 aromatic rings. The van der Waals surface area contributed by atoms with Gasteiger partial charge in [0.05, 0.1) is 24.0 Å². The molecule has 5 nitrogen and oxygen atoms in total. The van der Waals surface area contributed by atoms with Gasteiger partial charge in [-0.1, -0.05) is 0 Å². The molecule has 0 fully saturated rings. The van der Waals surface area contributed by atoms with E-state index in [2.05, 4.69) is 5.10 Å². The number of rotatable bonds is 6. The summed E-state index contributed by atoms with van der Waals surface area (Å²) in [6.45, 7) is 7.61. The van der Waals surface area contributed by atoms with Crippen LogP contribution in [0, 0.1) is 0 Å². The number of nitrogens with zero attached hydrogens (tertiary/aromatic N) is 2. The van der Waals surface area contributed by atoms with Crippen LogP contribution in [0.4, 0.5) is 0 Å². The number of aromatic nitrogens is 2. The van der Waals surface area contributed by atoms with E-state index in [0.29, 0.717) is 6.61 Å². The maximum atomic E-state index is 10.0. The van der Waals surface area contributed by atoms with E-state index in [9.17, 15) is 5.11 Å². The van der Waals surface area contributed by atoms with Gasteiger partial charge in [-0.15, -0.1) is 0 Å². The van der Waals surface area contributed by atoms with Gasteiger partial charge in [-0.05, 0) is 27.7 Å². The van der Waals surface area contributed by atoms with Crippen LogP contribution in [0.3, 0.4) is 0 Å². The summed E-state index contributed by atoms with van der Waals surface area (Å²) in [7, 11) is 5.10. The molecule has 1 radical (unpaired) electrons. The van der Waals surface area contributed by atoms with E-state index < -0.39 is 11.2 Å². The second-order valence-corrected chi connectivity index (χ2v) is 5.42. The third kappa shape index (κ3) is 3.34. The molecule has 1 aromatic heterocycles. The van der Waals surface area contributed by atoms with E-state index in [0.717, 1.165) is 11.2 Å². The quantitative estimate of drug-likeness (QED) is 0.744. The lowest BCUT2D eigenvalue weighted by atomic mass is 9.84. The van der Waals surface area contributed by atoms with Crippen molar-refractivity contribution in [3.8, 4) is 0 Å². The van der Waals surface area contributed by atoms with Gasteiger partial charge in [0.2, 0.25) is 0 Å². The van der Waals surface area contributed by atoms with E-state index in [1.807, 2.05) is 20.9 Å². The monoisotopic (exact) mass is 253 g/mol. The minimum absolute atomic E-state index is 0.478. The van der Waals surface area contributed by atoms with Gasteiger partial charge in [-0.2, -0.15) is 5.10 Å². The fraction of sp³-hybridized carbons (Fsp3) is 0.750. The SMILES string of the molecule is COCc1cnn(C)c1[B]OC(C)(C)C(C)(C)O. The molecule has 0 bridgehead atoms. The molecule has 0 aliphatic heterocycles. The first-order chi connectivity index (χ1) is 8.19. The van der Waals surface area contributed by atoms with Crippen molar-refractivity contribution in [2.24, 2.45) is 7.05 Å². The van der Waals surface area contributed by atoms with Crippen molar-refractivity contribution < 1.29 is 14.5 Å². The van der Waals surface area contributed by atoms with Crippen LogP contribution in [0.1, 0.15) is 33.3 Å². The van der Waals surface area contributed by atoms with E-state index in [4.69, 9.17) is 9.39 Å². The van der Waals surface area contributed by atoms with Gasteiger partial charge in [0.15, 0.2) is 0 Å². The first kappa shape index (κ1) is 15.2. The molecule has 0 aromatic carbocycles. The van der Waals surface area contributed by atoms with Crippen LogP contribution in [-0.2, 0) is 23.0 Å². The van der Waals surface area contributed by atoms with E-state index >= 15 is 0 Å². The molecule has 18 heavy (non-hydrogen) atoms. The molecule has 1 heterocycles. The largest absolute Gasteiger partial charge is 0.425 e. The van der Waals surface area contributed by atoms with Crippen LogP contribution in [-0.4, -0.2) is 40.7 Å². The zero-order chi connectivity index (χ0) is 14.0. The van der Waals surface area contributed by atoms with Crippen molar-refractivity contribution in [3.05, 3.63) is 11.8 Å². The Labute approximate surface area is 109 Å². The number of aryl methyl sites for hydroxylation is 1. The molecule has 0 amide bonds. The van der Waals surface area contributed by atoms with Crippen molar-refractivity contribution in [2.45, 2.75) is 45.5 Å². The first-order valence-electron chi connectivity index (χ1n) is 5.92. The molecule has 101 valence electrons. The van der Waals surface area contributed by atoms with Crippen LogP contribution < -0.4 is 5.59 Å². The Morgan fingerprint density at radius 3 is 2.50 bits per heavy atom. The number of hydrogen-bond donors (Lipinski definition) is 1. The molecular weight excluding hydrogens is 231 g/mol. The van der Waals surface area contributed by atoms with Crippen LogP contribution >= 0.6 is 0 Å². The highest BCUT2D eigenvalue weighted by molar-refractivity contribution is 6.46. The van der Waals surface area contributed by atoms with Crippen molar-refractivity contribution in [2.75, 3.05) is 7.11 Å². The predicted molar refractivity (Wildman–Crippen MR) is 70.8 cm³/mol. The van der Waals surface area contributed by atoms with Gasteiger partial charge in [0.1, 0.15) is 0 Å². The van der Waals surface area contributed by atoms with Gasteiger partial charge >= 0.3 is 7.48 Å². The molecule has 0 saturated carbocycles. The second-order valence-electron chi connectivity index (χ2n) is 5.42. The average Bonchev–Trinajstić information content (AvgIpc) is 2.56. The highest BCUT2D eigenvalue weighted by Crippen LogP contribution is 2.24. The summed E-state index contributed by atoms with van der Waals surface area (Å²) >= 11 is 0. The Morgan fingerprint density at radius 2 is 2.00 bits per heavy atom. The van der Waals surface area contributed by atoms with Crippen molar-refractivity contribution in [3.63, 3.8) is 0 Å². The Morgan fingerprint density at radius 1 is 1.39 bits per heavy atom. The summed E-state index contributed by atoms with van der Waals surface area (Å²) in [6, 6.07) is 0. The van der Waals surface area contributed by atoms with Crippen molar-refractivity contribution in [1.82, 2.24) is 9.78 Å². The average molecular weight is 253 g/mol. The van der Waals surface area contributed by atoms with Crippen LogP contribution in [0.15, 0.2) is 6.20 Å². The smallest absolute Gasteiger partial charge is 0.351 e. The highest BCUT2D eigenvalue weighted by Gasteiger charge is 2.36. The van der Waals surface area contributed by atoms with Crippen LogP contribution in [0.5, 0.6) is 0 Å². The molecule has 1 rings (SSSR count). The zero-order valence-corrected chi connectivity index (χ0v) is 12.0. The summed E-state index contributed by atoms with van der Waals surface area (Å²) in [6.07, 6.45) is 1.75. The maximum Gasteiger partial charge on any atom is 0.351 e. The highest BCUT2D eigenvalue weighted by atomic mass is 16.5. The maximum absolute atomic E-state index is 10.0. The number of aliphatic hydroxyl groups is 1. The molecule has 0 aliphatic rings. The molecule has 0 unspecified atom stereocenters. The van der Waals surface area contributed by atoms with Gasteiger partial charge in [0.25, 0.3) is 0 Å². The Kier molecular flexibility index (Phi) is 4.58. The standard InChI is InChI=1S/C12H22BN2O3/c1-11(2,16)12(3,4)18-13-10-9(8-17-6)7-14-15(10)5/h7,16H,8H2,1-6H3. The fourth-order valence-corrected chi connectivity index (χ4v) is 1.26. The van der Waals surface area contributed by atoms with Gasteiger partial charge in [-0.25, -0.2) is 0 Å². The summed E-state index contributed by atoms with van der Waals surface area (Å²) in [5.74, 6) is 0. The van der Waals surface area contributed by atoms with Crippen molar-refractivity contribution in [1.29, 1.82) is 0 Å². The van der Waals surface area contributed by atoms with Gasteiger partial charge in [0, 0.05) is 25.3 Å². The van der Waals surface area contributed by atoms with Gasteiger partial charge < -0.3 is 14.5 Å². The third-order valence-electron chi connectivity index (χ3n) is 3.30. The third-order valence-corrected chi connectivity index (χ3v) is 3.30. The minimum Gasteiger partial charge on any atom is -0.425 e. The molecule has 0 atom stereocenters. The molecule has 6 heteroatoms. The molecular formula is C12H22BN2O3. The van der Waals surface area contributed by atoms with Crippen LogP contribution in [0.25, 0.3) is 0 Å². The second kappa shape index (κ2) is 5.42. The lowest BCUT2D eigenvalue weighted by Gasteiger charge is -2.37. The summed E-state index contributed by atoms with van der Waals surface area (Å²) in [5.41, 5.74) is 0.159. The molecule has 1 N–H and O–H groups in total. The lowest BCUT2D eigenvalue weighted by molar-refractivity contribution is -0.0894. The topological polar surface area (TPSA) is 56.5 Å². The van der Waals surface area contributed by atoms with Crippen LogP contribution in [0.2, 0.25) is 0 Å². The Hall–Kier alpha value is -0.845. The van der Waals surface area contributed by atoms with Gasteiger partial charge in [-0.3, -0.25) is 4.68 Å². The summed E-state index contributed by atoms with van der Waals surface area (Å²) in [4.78, 5) is 0. The Bertz CT molecular complexity index is 397. The van der Waals surface area contributed by atoms with Crippen molar-refractivity contribution >= 4 is 13.1 Å². The normalized spacial score (nSPS) is 12.8. The summed E-state index contributed by atoms with van der Waals surface area (Å²) < 4.78 is 12.5. The first-order valence-corrected chi connectivity index (χ1v) is 5.92. The zero-order valence-electron chi connectivity index (χ0n) is 12.0. The fourth-order valence-electron chi connectivity index (χ4n) is 1.26. The predicted octanol–water partition coefficient (Wildman–Crippen LogP) is 0.377. The lowest BCUT2D eigenvalue weighted by Crippen LogP contribution is -2.50. The molecule has 0 aliphatic carbocycles. The number of hydrogen-bond acceptors (Lipinski definition) is 4. The number of ether oxygens (including phenoxy) is 1. The van der Waals surface area contributed by atoms with E-state index in [-0.39, 0.29) is 0 Å². The Balaban J connectivity index is 2.77. The molecule has 0 spiro atoms. The van der Waals surface area contributed by atoms with E-state index in [1.54, 1.807) is 39.3 Å².